The van der Waals surface area contributed by atoms with E-state index in [-0.39, 0.29) is 5.78 Å². The molecule has 0 aromatic heterocycles. The first-order valence-corrected chi connectivity index (χ1v) is 5.25. The molecule has 0 spiro atoms. The first-order chi connectivity index (χ1) is 7.22. The van der Waals surface area contributed by atoms with Gasteiger partial charge >= 0.3 is 0 Å². The largest absolute Gasteiger partial charge is 0.294 e. The normalized spacial score (nSPS) is 10.5. The molecule has 0 amide bonds. The van der Waals surface area contributed by atoms with Gasteiger partial charge in [-0.1, -0.05) is 37.3 Å². The number of Topliss-reactive ketones (excluding diaryl/α,β-unsaturated/α-hetero) is 1. The fraction of sp³-hybridized carbons (Fsp3) is 0.214. The van der Waals surface area contributed by atoms with Crippen LogP contribution in [0, 0.1) is 6.92 Å². The predicted molar refractivity (Wildman–Crippen MR) is 63.3 cm³/mol. The Hall–Kier alpha value is -1.63. The van der Waals surface area contributed by atoms with Gasteiger partial charge < -0.3 is 0 Å². The van der Waals surface area contributed by atoms with Crippen molar-refractivity contribution in [1.29, 1.82) is 0 Å². The minimum atomic E-state index is 0.207. The Morgan fingerprint density at radius 1 is 1.20 bits per heavy atom. The number of rotatable bonds is 2. The van der Waals surface area contributed by atoms with Crippen LogP contribution in [-0.2, 0) is 0 Å². The third-order valence-electron chi connectivity index (χ3n) is 2.74. The van der Waals surface area contributed by atoms with E-state index < -0.39 is 0 Å². The summed E-state index contributed by atoms with van der Waals surface area (Å²) in [7, 11) is 0. The summed E-state index contributed by atoms with van der Waals surface area (Å²) in [5, 5.41) is 2.37. The third-order valence-corrected chi connectivity index (χ3v) is 2.74. The lowest BCUT2D eigenvalue weighted by atomic mass is 10.0. The molecule has 0 fully saturated rings. The van der Waals surface area contributed by atoms with Crippen LogP contribution in [0.5, 0.6) is 0 Å². The summed E-state index contributed by atoms with van der Waals surface area (Å²) in [5.41, 5.74) is 2.07. The van der Waals surface area contributed by atoms with Crippen molar-refractivity contribution in [3.63, 3.8) is 0 Å². The maximum atomic E-state index is 11.5. The molecular formula is C14H14O. The van der Waals surface area contributed by atoms with Gasteiger partial charge in [-0.05, 0) is 29.3 Å². The Morgan fingerprint density at radius 2 is 2.00 bits per heavy atom. The number of aryl methyl sites for hydroxylation is 1. The highest BCUT2D eigenvalue weighted by Gasteiger charge is 2.04. The molecule has 1 heteroatoms. The van der Waals surface area contributed by atoms with Gasteiger partial charge in [-0.25, -0.2) is 0 Å². The molecule has 0 radical (unpaired) electrons. The molecule has 0 aliphatic carbocycles. The first-order valence-electron chi connectivity index (χ1n) is 5.25. The second kappa shape index (κ2) is 3.85. The van der Waals surface area contributed by atoms with Crippen LogP contribution in [0.1, 0.15) is 29.3 Å². The molecular weight excluding hydrogens is 184 g/mol. The van der Waals surface area contributed by atoms with Crippen LogP contribution in [0.3, 0.4) is 0 Å². The summed E-state index contributed by atoms with van der Waals surface area (Å²) >= 11 is 0. The zero-order valence-corrected chi connectivity index (χ0v) is 9.08. The number of ketones is 1. The van der Waals surface area contributed by atoms with Crippen molar-refractivity contribution in [2.75, 3.05) is 0 Å². The molecule has 1 nitrogen and oxygen atoms in total. The molecule has 2 aromatic carbocycles. The summed E-state index contributed by atoms with van der Waals surface area (Å²) in [5.74, 6) is 0.207. The van der Waals surface area contributed by atoms with Gasteiger partial charge in [-0.15, -0.1) is 0 Å². The van der Waals surface area contributed by atoms with E-state index in [0.29, 0.717) is 6.42 Å². The number of benzene rings is 2. The van der Waals surface area contributed by atoms with Crippen molar-refractivity contribution in [3.05, 3.63) is 47.5 Å². The molecule has 0 atom stereocenters. The van der Waals surface area contributed by atoms with E-state index in [1.807, 2.05) is 31.2 Å². The second-order valence-electron chi connectivity index (χ2n) is 3.79. The second-order valence-corrected chi connectivity index (χ2v) is 3.79. The summed E-state index contributed by atoms with van der Waals surface area (Å²) in [6, 6.07) is 12.1. The average Bonchev–Trinajstić information content (AvgIpc) is 2.28. The molecule has 0 saturated heterocycles. The van der Waals surface area contributed by atoms with E-state index in [0.717, 1.165) is 10.9 Å². The lowest BCUT2D eigenvalue weighted by molar-refractivity contribution is 0.0988. The van der Waals surface area contributed by atoms with Gasteiger partial charge in [-0.2, -0.15) is 0 Å². The van der Waals surface area contributed by atoms with Crippen molar-refractivity contribution < 1.29 is 4.79 Å². The van der Waals surface area contributed by atoms with Gasteiger partial charge in [0.25, 0.3) is 0 Å². The number of carbonyl (C=O) groups excluding carboxylic acids is 1. The zero-order valence-electron chi connectivity index (χ0n) is 9.08. The SMILES string of the molecule is CCC(=O)c1ccc2c(C)cccc2c1. The molecule has 0 unspecified atom stereocenters. The van der Waals surface area contributed by atoms with Crippen LogP contribution in [0.25, 0.3) is 10.8 Å². The molecule has 2 rings (SSSR count). The van der Waals surface area contributed by atoms with Crippen molar-refractivity contribution >= 4 is 16.6 Å². The quantitative estimate of drug-likeness (QED) is 0.672. The fourth-order valence-corrected chi connectivity index (χ4v) is 1.82. The predicted octanol–water partition coefficient (Wildman–Crippen LogP) is 3.74. The van der Waals surface area contributed by atoms with Crippen LogP contribution < -0.4 is 0 Å². The summed E-state index contributed by atoms with van der Waals surface area (Å²) in [6.07, 6.45) is 0.567. The molecule has 0 aliphatic rings. The van der Waals surface area contributed by atoms with Crippen LogP contribution in [0.15, 0.2) is 36.4 Å². The van der Waals surface area contributed by atoms with Crippen LogP contribution in [0.4, 0.5) is 0 Å². The highest BCUT2D eigenvalue weighted by molar-refractivity contribution is 6.00. The van der Waals surface area contributed by atoms with Gasteiger partial charge in [0.2, 0.25) is 0 Å². The number of carbonyl (C=O) groups is 1. The van der Waals surface area contributed by atoms with Crippen LogP contribution in [0.2, 0.25) is 0 Å². The average molecular weight is 198 g/mol. The number of hydrogen-bond acceptors (Lipinski definition) is 1. The zero-order chi connectivity index (χ0) is 10.8. The molecule has 0 saturated carbocycles. The lowest BCUT2D eigenvalue weighted by Gasteiger charge is -2.04. The van der Waals surface area contributed by atoms with Crippen LogP contribution in [-0.4, -0.2) is 5.78 Å². The topological polar surface area (TPSA) is 17.1 Å². The standard InChI is InChI=1S/C14H14O/c1-3-14(15)12-7-8-13-10(2)5-4-6-11(13)9-12/h4-9H,3H2,1-2H3. The molecule has 0 N–H and O–H groups in total. The van der Waals surface area contributed by atoms with Crippen LogP contribution >= 0.6 is 0 Å². The van der Waals surface area contributed by atoms with Gasteiger partial charge in [0, 0.05) is 12.0 Å². The maximum Gasteiger partial charge on any atom is 0.162 e. The van der Waals surface area contributed by atoms with Crippen molar-refractivity contribution in [1.82, 2.24) is 0 Å². The Morgan fingerprint density at radius 3 is 2.73 bits per heavy atom. The summed E-state index contributed by atoms with van der Waals surface area (Å²) in [4.78, 5) is 11.5. The number of fused-ring (bicyclic) bond motifs is 1. The number of hydrogen-bond donors (Lipinski definition) is 0. The first kappa shape index (κ1) is 9.91. The van der Waals surface area contributed by atoms with Gasteiger partial charge in [-0.3, -0.25) is 4.79 Å². The van der Waals surface area contributed by atoms with E-state index in [1.165, 1.54) is 10.9 Å². The summed E-state index contributed by atoms with van der Waals surface area (Å²) in [6.45, 7) is 3.98. The molecule has 15 heavy (non-hydrogen) atoms. The van der Waals surface area contributed by atoms with Gasteiger partial charge in [0.1, 0.15) is 0 Å². The lowest BCUT2D eigenvalue weighted by Crippen LogP contribution is -1.95. The summed E-state index contributed by atoms with van der Waals surface area (Å²) < 4.78 is 0. The fourth-order valence-electron chi connectivity index (χ4n) is 1.82. The highest BCUT2D eigenvalue weighted by atomic mass is 16.1. The molecule has 0 heterocycles. The smallest absolute Gasteiger partial charge is 0.162 e. The third kappa shape index (κ3) is 1.78. The van der Waals surface area contributed by atoms with E-state index in [2.05, 4.69) is 19.1 Å². The van der Waals surface area contributed by atoms with Gasteiger partial charge in [0.15, 0.2) is 5.78 Å². The van der Waals surface area contributed by atoms with E-state index in [9.17, 15) is 4.79 Å². The van der Waals surface area contributed by atoms with Gasteiger partial charge in [0.05, 0.1) is 0 Å². The Bertz CT molecular complexity index is 512. The van der Waals surface area contributed by atoms with Crippen molar-refractivity contribution in [2.45, 2.75) is 20.3 Å². The monoisotopic (exact) mass is 198 g/mol. The molecule has 76 valence electrons. The van der Waals surface area contributed by atoms with E-state index in [1.54, 1.807) is 0 Å². The van der Waals surface area contributed by atoms with E-state index in [4.69, 9.17) is 0 Å². The Balaban J connectivity index is 2.62. The molecule has 0 aliphatic heterocycles. The van der Waals surface area contributed by atoms with Crippen molar-refractivity contribution in [2.24, 2.45) is 0 Å². The Kier molecular flexibility index (Phi) is 2.55. The molecule has 2 aromatic rings. The van der Waals surface area contributed by atoms with Crippen molar-refractivity contribution in [3.8, 4) is 0 Å². The minimum Gasteiger partial charge on any atom is -0.294 e. The molecule has 0 bridgehead atoms. The Labute approximate surface area is 89.7 Å². The maximum absolute atomic E-state index is 11.5. The highest BCUT2D eigenvalue weighted by Crippen LogP contribution is 2.20. The minimum absolute atomic E-state index is 0.207. The van der Waals surface area contributed by atoms with E-state index >= 15 is 0 Å².